The molecule has 0 aliphatic heterocycles. The van der Waals surface area contributed by atoms with Crippen LogP contribution in [0.4, 0.5) is 0 Å². The van der Waals surface area contributed by atoms with E-state index in [9.17, 15) is 4.79 Å². The van der Waals surface area contributed by atoms with E-state index in [0.717, 1.165) is 19.3 Å². The summed E-state index contributed by atoms with van der Waals surface area (Å²) in [5, 5.41) is 0. The Kier molecular flexibility index (Phi) is 9.41. The summed E-state index contributed by atoms with van der Waals surface area (Å²) < 4.78 is 4.95. The van der Waals surface area contributed by atoms with Crippen LogP contribution in [0.1, 0.15) is 52.4 Å². The summed E-state index contributed by atoms with van der Waals surface area (Å²) in [6.45, 7) is 4.55. The molecule has 0 heterocycles. The van der Waals surface area contributed by atoms with Gasteiger partial charge in [-0.05, 0) is 12.8 Å². The van der Waals surface area contributed by atoms with Gasteiger partial charge in [-0.25, -0.2) is 0 Å². The Labute approximate surface area is 87.0 Å². The lowest BCUT2D eigenvalue weighted by Gasteiger charge is -1.99. The van der Waals surface area contributed by atoms with Crippen molar-refractivity contribution in [3.05, 3.63) is 0 Å². The topological polar surface area (TPSA) is 26.3 Å². The Hall–Kier alpha value is -0.970. The standard InChI is InChI=1S/C12H20O2/c1-3-5-6-7-8-9-11-14-12(13)10-4-2/h3-6,9-11H2,1-2H3. The lowest BCUT2D eigenvalue weighted by Crippen LogP contribution is -2.04. The number of carbonyl (C=O) groups is 1. The van der Waals surface area contributed by atoms with Gasteiger partial charge in [-0.1, -0.05) is 26.2 Å². The highest BCUT2D eigenvalue weighted by Gasteiger charge is 1.97. The molecule has 80 valence electrons. The van der Waals surface area contributed by atoms with E-state index in [1.807, 2.05) is 6.92 Å². The van der Waals surface area contributed by atoms with Crippen molar-refractivity contribution >= 4 is 5.97 Å². The molecule has 0 aromatic rings. The van der Waals surface area contributed by atoms with E-state index in [1.165, 1.54) is 6.42 Å². The van der Waals surface area contributed by atoms with E-state index in [1.54, 1.807) is 0 Å². The Morgan fingerprint density at radius 3 is 2.50 bits per heavy atom. The van der Waals surface area contributed by atoms with Gasteiger partial charge in [-0.2, -0.15) is 0 Å². The minimum Gasteiger partial charge on any atom is -0.465 e. The maximum absolute atomic E-state index is 10.9. The molecule has 0 rings (SSSR count). The number of hydrogen-bond donors (Lipinski definition) is 0. The molecule has 0 N–H and O–H groups in total. The fraction of sp³-hybridized carbons (Fsp3) is 0.750. The third-order valence-electron chi connectivity index (χ3n) is 1.72. The molecule has 0 aliphatic carbocycles. The van der Waals surface area contributed by atoms with Crippen LogP contribution < -0.4 is 0 Å². The van der Waals surface area contributed by atoms with E-state index in [2.05, 4.69) is 18.8 Å². The Balaban J connectivity index is 3.26. The first kappa shape index (κ1) is 13.0. The highest BCUT2D eigenvalue weighted by Crippen LogP contribution is 1.93. The van der Waals surface area contributed by atoms with Crippen LogP contribution in [0, 0.1) is 11.8 Å². The lowest BCUT2D eigenvalue weighted by atomic mass is 10.2. The predicted octanol–water partition coefficient (Wildman–Crippen LogP) is 2.91. The molecule has 0 bridgehead atoms. The van der Waals surface area contributed by atoms with Crippen LogP contribution in [0.3, 0.4) is 0 Å². The molecule has 0 fully saturated rings. The molecular weight excluding hydrogens is 176 g/mol. The fourth-order valence-corrected chi connectivity index (χ4v) is 0.934. The van der Waals surface area contributed by atoms with Crippen LogP contribution >= 0.6 is 0 Å². The summed E-state index contributed by atoms with van der Waals surface area (Å²) in [5.41, 5.74) is 0. The summed E-state index contributed by atoms with van der Waals surface area (Å²) >= 11 is 0. The third-order valence-corrected chi connectivity index (χ3v) is 1.72. The number of esters is 1. The van der Waals surface area contributed by atoms with Crippen molar-refractivity contribution in [3.8, 4) is 11.8 Å². The van der Waals surface area contributed by atoms with Gasteiger partial charge in [0, 0.05) is 19.3 Å². The molecule has 0 amide bonds. The Morgan fingerprint density at radius 2 is 1.86 bits per heavy atom. The molecule has 0 aromatic heterocycles. The molecule has 14 heavy (non-hydrogen) atoms. The van der Waals surface area contributed by atoms with Gasteiger partial charge in [0.15, 0.2) is 0 Å². The minimum atomic E-state index is -0.108. The van der Waals surface area contributed by atoms with Crippen molar-refractivity contribution < 1.29 is 9.53 Å². The van der Waals surface area contributed by atoms with Gasteiger partial charge in [0.1, 0.15) is 6.61 Å². The zero-order valence-corrected chi connectivity index (χ0v) is 9.27. The molecule has 0 unspecified atom stereocenters. The second-order valence-corrected chi connectivity index (χ2v) is 3.18. The molecule has 0 aromatic carbocycles. The van der Waals surface area contributed by atoms with Crippen LogP contribution in [0.25, 0.3) is 0 Å². The van der Waals surface area contributed by atoms with Crippen molar-refractivity contribution in [2.75, 3.05) is 6.61 Å². The summed E-state index contributed by atoms with van der Waals surface area (Å²) in [7, 11) is 0. The van der Waals surface area contributed by atoms with Gasteiger partial charge in [0.2, 0.25) is 0 Å². The molecule has 2 heteroatoms. The maximum Gasteiger partial charge on any atom is 0.305 e. The Bertz CT molecular complexity index is 198. The molecular formula is C12H20O2. The largest absolute Gasteiger partial charge is 0.465 e. The van der Waals surface area contributed by atoms with E-state index in [4.69, 9.17) is 4.74 Å². The van der Waals surface area contributed by atoms with Crippen LogP contribution in [0.2, 0.25) is 0 Å². The number of ether oxygens (including phenoxy) is 1. The highest BCUT2D eigenvalue weighted by molar-refractivity contribution is 5.69. The zero-order valence-electron chi connectivity index (χ0n) is 9.27. The maximum atomic E-state index is 10.9. The van der Waals surface area contributed by atoms with Gasteiger partial charge >= 0.3 is 5.97 Å². The number of carbonyl (C=O) groups excluding carboxylic acids is 1. The average molecular weight is 196 g/mol. The van der Waals surface area contributed by atoms with E-state index >= 15 is 0 Å². The smallest absolute Gasteiger partial charge is 0.305 e. The van der Waals surface area contributed by atoms with Crippen molar-refractivity contribution in [2.45, 2.75) is 52.4 Å². The molecule has 0 spiro atoms. The highest BCUT2D eigenvalue weighted by atomic mass is 16.5. The van der Waals surface area contributed by atoms with Crippen molar-refractivity contribution in [2.24, 2.45) is 0 Å². The fourth-order valence-electron chi connectivity index (χ4n) is 0.934. The normalized spacial score (nSPS) is 9.00. The summed E-state index contributed by atoms with van der Waals surface area (Å²) in [6.07, 6.45) is 5.33. The first-order chi connectivity index (χ1) is 6.81. The summed E-state index contributed by atoms with van der Waals surface area (Å²) in [4.78, 5) is 10.9. The molecule has 2 nitrogen and oxygen atoms in total. The molecule has 0 saturated heterocycles. The van der Waals surface area contributed by atoms with Crippen molar-refractivity contribution in [1.82, 2.24) is 0 Å². The lowest BCUT2D eigenvalue weighted by molar-refractivity contribution is -0.143. The summed E-state index contributed by atoms with van der Waals surface area (Å²) in [5.74, 6) is 5.93. The first-order valence-electron chi connectivity index (χ1n) is 5.42. The molecule has 0 atom stereocenters. The van der Waals surface area contributed by atoms with Crippen LogP contribution in [0.15, 0.2) is 0 Å². The second kappa shape index (κ2) is 10.1. The molecule has 0 saturated carbocycles. The van der Waals surface area contributed by atoms with Gasteiger partial charge < -0.3 is 4.74 Å². The monoisotopic (exact) mass is 196 g/mol. The average Bonchev–Trinajstić information content (AvgIpc) is 2.17. The van der Waals surface area contributed by atoms with Gasteiger partial charge in [0.25, 0.3) is 0 Å². The number of unbranched alkanes of at least 4 members (excludes halogenated alkanes) is 2. The first-order valence-corrected chi connectivity index (χ1v) is 5.42. The van der Waals surface area contributed by atoms with Gasteiger partial charge in [0.05, 0.1) is 0 Å². The molecule has 0 aliphatic rings. The quantitative estimate of drug-likeness (QED) is 0.371. The van der Waals surface area contributed by atoms with Gasteiger partial charge in [-0.3, -0.25) is 4.79 Å². The Morgan fingerprint density at radius 1 is 1.14 bits per heavy atom. The van der Waals surface area contributed by atoms with Crippen LogP contribution in [-0.4, -0.2) is 12.6 Å². The van der Waals surface area contributed by atoms with E-state index < -0.39 is 0 Å². The van der Waals surface area contributed by atoms with Gasteiger partial charge in [-0.15, -0.1) is 5.92 Å². The van der Waals surface area contributed by atoms with Crippen molar-refractivity contribution in [1.29, 1.82) is 0 Å². The second-order valence-electron chi connectivity index (χ2n) is 3.18. The predicted molar refractivity (Wildman–Crippen MR) is 57.8 cm³/mol. The number of rotatable bonds is 6. The third kappa shape index (κ3) is 9.12. The minimum absolute atomic E-state index is 0.108. The van der Waals surface area contributed by atoms with E-state index in [-0.39, 0.29) is 5.97 Å². The zero-order chi connectivity index (χ0) is 10.6. The number of hydrogen-bond acceptors (Lipinski definition) is 2. The van der Waals surface area contributed by atoms with Crippen LogP contribution in [-0.2, 0) is 9.53 Å². The van der Waals surface area contributed by atoms with E-state index in [0.29, 0.717) is 19.4 Å². The molecule has 0 radical (unpaired) electrons. The van der Waals surface area contributed by atoms with Crippen molar-refractivity contribution in [3.63, 3.8) is 0 Å². The SMILES string of the molecule is CCCCC#CCCOC(=O)CCC. The van der Waals surface area contributed by atoms with Crippen LogP contribution in [0.5, 0.6) is 0 Å². The summed E-state index contributed by atoms with van der Waals surface area (Å²) in [6, 6.07) is 0.